The summed E-state index contributed by atoms with van der Waals surface area (Å²) in [6.07, 6.45) is 3.36. The summed E-state index contributed by atoms with van der Waals surface area (Å²) in [6, 6.07) is 5.36. The molecule has 1 atom stereocenters. The number of pyridine rings is 1. The number of anilines is 1. The lowest BCUT2D eigenvalue weighted by molar-refractivity contribution is 0.104. The molecule has 6 nitrogen and oxygen atoms in total. The zero-order valence-electron chi connectivity index (χ0n) is 12.2. The van der Waals surface area contributed by atoms with E-state index >= 15 is 0 Å². The summed E-state index contributed by atoms with van der Waals surface area (Å²) in [5.41, 5.74) is 1.13. The topological polar surface area (TPSA) is 80.5 Å². The first-order chi connectivity index (χ1) is 10.0. The summed E-state index contributed by atoms with van der Waals surface area (Å²) in [5, 5.41) is 18.8. The molecule has 1 aliphatic heterocycles. The maximum atomic E-state index is 12.0. The van der Waals surface area contributed by atoms with E-state index in [0.717, 1.165) is 0 Å². The van der Waals surface area contributed by atoms with Crippen molar-refractivity contribution in [2.45, 2.75) is 12.5 Å². The van der Waals surface area contributed by atoms with Crippen molar-refractivity contribution in [1.29, 1.82) is 5.26 Å². The van der Waals surface area contributed by atoms with Gasteiger partial charge in [-0.25, -0.2) is 4.98 Å². The van der Waals surface area contributed by atoms with E-state index < -0.39 is 0 Å². The average molecular weight is 286 g/mol. The molecular weight excluding hydrogens is 268 g/mol. The molecule has 0 saturated carbocycles. The predicted molar refractivity (Wildman–Crippen MR) is 78.9 cm³/mol. The fourth-order valence-corrected chi connectivity index (χ4v) is 2.19. The van der Waals surface area contributed by atoms with Crippen LogP contribution in [0.4, 0.5) is 5.69 Å². The van der Waals surface area contributed by atoms with Crippen LogP contribution >= 0.6 is 0 Å². The van der Waals surface area contributed by atoms with Gasteiger partial charge >= 0.3 is 0 Å². The molecule has 2 heterocycles. The molecule has 1 saturated heterocycles. The van der Waals surface area contributed by atoms with Crippen LogP contribution in [0.25, 0.3) is 0 Å². The van der Waals surface area contributed by atoms with Gasteiger partial charge in [0.1, 0.15) is 11.8 Å². The third-order valence-electron chi connectivity index (χ3n) is 3.26. The Bertz CT molecular complexity index is 604. The van der Waals surface area contributed by atoms with E-state index in [-0.39, 0.29) is 23.3 Å². The predicted octanol–water partition coefficient (Wildman–Crippen LogP) is 0.782. The molecule has 1 N–H and O–H groups in total. The Morgan fingerprint density at radius 1 is 1.57 bits per heavy atom. The summed E-state index contributed by atoms with van der Waals surface area (Å²) >= 11 is 0. The number of nitriles is 1. The second kappa shape index (κ2) is 6.37. The van der Waals surface area contributed by atoms with E-state index in [9.17, 15) is 15.2 Å². The number of aliphatic hydroxyl groups is 1. The lowest BCUT2D eigenvalue weighted by Gasteiger charge is -2.18. The van der Waals surface area contributed by atoms with E-state index in [1.54, 1.807) is 23.2 Å². The molecule has 0 spiro atoms. The minimum Gasteiger partial charge on any atom is -0.391 e. The fraction of sp³-hybridized carbons (Fsp3) is 0.400. The van der Waals surface area contributed by atoms with Gasteiger partial charge in [0.25, 0.3) is 0 Å². The number of ketones is 1. The van der Waals surface area contributed by atoms with E-state index in [2.05, 4.69) is 4.98 Å². The van der Waals surface area contributed by atoms with Crippen molar-refractivity contribution in [3.8, 4) is 6.07 Å². The van der Waals surface area contributed by atoms with Gasteiger partial charge in [-0.3, -0.25) is 4.79 Å². The third kappa shape index (κ3) is 3.58. The van der Waals surface area contributed by atoms with Crippen LogP contribution in [0.3, 0.4) is 0 Å². The zero-order chi connectivity index (χ0) is 15.4. The smallest absolute Gasteiger partial charge is 0.205 e. The number of nitrogens with zero attached hydrogens (tertiary/aromatic N) is 4. The fourth-order valence-electron chi connectivity index (χ4n) is 2.19. The first-order valence-electron chi connectivity index (χ1n) is 6.74. The maximum absolute atomic E-state index is 12.0. The Kier molecular flexibility index (Phi) is 4.55. The molecule has 1 fully saturated rings. The second-order valence-electron chi connectivity index (χ2n) is 5.21. The van der Waals surface area contributed by atoms with Crippen LogP contribution < -0.4 is 4.90 Å². The molecule has 0 unspecified atom stereocenters. The van der Waals surface area contributed by atoms with Crippen molar-refractivity contribution in [1.82, 2.24) is 9.88 Å². The molecular formula is C15H18N4O2. The molecule has 110 valence electrons. The Labute approximate surface area is 123 Å². The normalized spacial score (nSPS) is 18.0. The van der Waals surface area contributed by atoms with Crippen LogP contribution in [0.2, 0.25) is 0 Å². The van der Waals surface area contributed by atoms with Gasteiger partial charge in [0.05, 0.1) is 11.8 Å². The van der Waals surface area contributed by atoms with E-state index in [0.29, 0.717) is 25.2 Å². The van der Waals surface area contributed by atoms with Crippen molar-refractivity contribution in [2.75, 3.05) is 32.1 Å². The first-order valence-corrected chi connectivity index (χ1v) is 6.74. The van der Waals surface area contributed by atoms with Crippen molar-refractivity contribution in [3.63, 3.8) is 0 Å². The molecule has 0 radical (unpaired) electrons. The van der Waals surface area contributed by atoms with Crippen molar-refractivity contribution in [2.24, 2.45) is 0 Å². The van der Waals surface area contributed by atoms with Crippen molar-refractivity contribution >= 4 is 11.5 Å². The van der Waals surface area contributed by atoms with Crippen molar-refractivity contribution in [3.05, 3.63) is 35.8 Å². The molecule has 0 aromatic carbocycles. The molecule has 1 aliphatic rings. The lowest BCUT2D eigenvalue weighted by Crippen LogP contribution is -2.22. The Morgan fingerprint density at radius 3 is 2.90 bits per heavy atom. The number of allylic oxidation sites excluding steroid dienone is 1. The van der Waals surface area contributed by atoms with Crippen LogP contribution in [-0.4, -0.2) is 54.1 Å². The molecule has 2 rings (SSSR count). The van der Waals surface area contributed by atoms with Gasteiger partial charge in [-0.15, -0.1) is 0 Å². The number of hydrogen-bond acceptors (Lipinski definition) is 6. The molecule has 21 heavy (non-hydrogen) atoms. The monoisotopic (exact) mass is 286 g/mol. The van der Waals surface area contributed by atoms with Crippen LogP contribution in [-0.2, 0) is 0 Å². The third-order valence-corrected chi connectivity index (χ3v) is 3.26. The number of aliphatic hydroxyl groups excluding tert-OH is 1. The van der Waals surface area contributed by atoms with Crippen LogP contribution in [0, 0.1) is 11.3 Å². The largest absolute Gasteiger partial charge is 0.391 e. The lowest BCUT2D eigenvalue weighted by atomic mass is 10.2. The molecule has 0 amide bonds. The van der Waals surface area contributed by atoms with Gasteiger partial charge in [-0.05, 0) is 18.6 Å². The zero-order valence-corrected chi connectivity index (χ0v) is 12.2. The molecule has 0 bridgehead atoms. The standard InChI is InChI=1S/C15H18N4O2/c1-18(2)7-6-15(21)12-3-4-14(13(9-16)17-12)19-8-5-11(20)10-19/h3-4,6-7,11,20H,5,8,10H2,1-2H3/b7-6+/t11-/m0/s1. The van der Waals surface area contributed by atoms with Crippen LogP contribution in [0.5, 0.6) is 0 Å². The molecule has 1 aromatic heterocycles. The van der Waals surface area contributed by atoms with Gasteiger partial charge in [0.2, 0.25) is 5.78 Å². The van der Waals surface area contributed by atoms with E-state index in [1.807, 2.05) is 25.1 Å². The van der Waals surface area contributed by atoms with Gasteiger partial charge in [-0.1, -0.05) is 0 Å². The molecule has 6 heteroatoms. The van der Waals surface area contributed by atoms with Gasteiger partial charge in [-0.2, -0.15) is 5.26 Å². The molecule has 1 aromatic rings. The summed E-state index contributed by atoms with van der Waals surface area (Å²) in [7, 11) is 3.64. The van der Waals surface area contributed by atoms with Crippen molar-refractivity contribution < 1.29 is 9.90 Å². The van der Waals surface area contributed by atoms with E-state index in [1.165, 1.54) is 6.08 Å². The SMILES string of the molecule is CN(C)/C=C/C(=O)c1ccc(N2CC[C@H](O)C2)c(C#N)n1. The summed E-state index contributed by atoms with van der Waals surface area (Å²) in [4.78, 5) is 19.8. The summed E-state index contributed by atoms with van der Waals surface area (Å²) < 4.78 is 0. The highest BCUT2D eigenvalue weighted by Gasteiger charge is 2.23. The molecule has 0 aliphatic carbocycles. The summed E-state index contributed by atoms with van der Waals surface area (Å²) in [5.74, 6) is -0.242. The number of hydrogen-bond donors (Lipinski definition) is 1. The van der Waals surface area contributed by atoms with Gasteiger partial charge in [0.15, 0.2) is 5.69 Å². The number of aromatic nitrogens is 1. The highest BCUT2D eigenvalue weighted by Crippen LogP contribution is 2.23. The van der Waals surface area contributed by atoms with Crippen LogP contribution in [0.1, 0.15) is 22.6 Å². The highest BCUT2D eigenvalue weighted by molar-refractivity contribution is 6.03. The number of β-amino-alcohol motifs (C(OH)–C–C–N with tert-alkyl or cyclic N) is 1. The van der Waals surface area contributed by atoms with Crippen LogP contribution in [0.15, 0.2) is 24.4 Å². The number of carbonyl (C=O) groups is 1. The Balaban J connectivity index is 2.25. The number of rotatable bonds is 4. The van der Waals surface area contributed by atoms with Gasteiger partial charge < -0.3 is 14.9 Å². The highest BCUT2D eigenvalue weighted by atomic mass is 16.3. The average Bonchev–Trinajstić information content (AvgIpc) is 2.90. The first kappa shape index (κ1) is 15.0. The quantitative estimate of drug-likeness (QED) is 0.651. The Hall–Kier alpha value is -2.39. The Morgan fingerprint density at radius 2 is 2.33 bits per heavy atom. The second-order valence-corrected chi connectivity index (χ2v) is 5.21. The maximum Gasteiger partial charge on any atom is 0.205 e. The van der Waals surface area contributed by atoms with E-state index in [4.69, 9.17) is 0 Å². The minimum atomic E-state index is -0.374. The van der Waals surface area contributed by atoms with Gasteiger partial charge in [0, 0.05) is 39.5 Å². The number of carbonyl (C=O) groups excluding carboxylic acids is 1. The summed E-state index contributed by atoms with van der Waals surface area (Å²) in [6.45, 7) is 1.18. The minimum absolute atomic E-state index is 0.216.